The topological polar surface area (TPSA) is 40.5 Å². The number of carbonyl (C=O) groups is 1. The molecule has 4 heteroatoms. The van der Waals surface area contributed by atoms with Crippen LogP contribution in [0.1, 0.15) is 37.0 Å². The molecule has 1 N–H and O–H groups in total. The summed E-state index contributed by atoms with van der Waals surface area (Å²) < 4.78 is 12.9. The maximum Gasteiger partial charge on any atom is 0.257 e. The van der Waals surface area contributed by atoms with Gasteiger partial charge >= 0.3 is 0 Å². The number of likely N-dealkylation sites (tertiary alicyclic amines) is 1. The van der Waals surface area contributed by atoms with Crippen LogP contribution in [0.15, 0.2) is 18.2 Å². The summed E-state index contributed by atoms with van der Waals surface area (Å²) in [5.41, 5.74) is 0.178. The molecule has 1 heterocycles. The van der Waals surface area contributed by atoms with Crippen LogP contribution in [0.3, 0.4) is 0 Å². The summed E-state index contributed by atoms with van der Waals surface area (Å²) in [6.07, 6.45) is 2.08. The van der Waals surface area contributed by atoms with Crippen molar-refractivity contribution in [3.05, 3.63) is 29.6 Å². The van der Waals surface area contributed by atoms with E-state index in [0.717, 1.165) is 18.9 Å². The van der Waals surface area contributed by atoms with Crippen molar-refractivity contribution < 1.29 is 14.3 Å². The summed E-state index contributed by atoms with van der Waals surface area (Å²) in [6.45, 7) is 4.83. The van der Waals surface area contributed by atoms with Crippen LogP contribution in [0, 0.1) is 11.7 Å². The number of halogens is 1. The van der Waals surface area contributed by atoms with Crippen LogP contribution in [0.2, 0.25) is 0 Å². The number of piperidine rings is 1. The molecule has 1 fully saturated rings. The zero-order valence-corrected chi connectivity index (χ0v) is 10.7. The van der Waals surface area contributed by atoms with Gasteiger partial charge in [-0.05, 0) is 37.8 Å². The lowest BCUT2D eigenvalue weighted by Gasteiger charge is -2.38. The van der Waals surface area contributed by atoms with Crippen LogP contribution in [-0.2, 0) is 0 Å². The molecule has 3 nitrogen and oxygen atoms in total. The average Bonchev–Trinajstić information content (AvgIpc) is 2.32. The third kappa shape index (κ3) is 2.33. The van der Waals surface area contributed by atoms with E-state index in [0.29, 0.717) is 12.5 Å². The summed E-state index contributed by atoms with van der Waals surface area (Å²) in [7, 11) is 0. The first-order chi connectivity index (χ1) is 8.50. The summed E-state index contributed by atoms with van der Waals surface area (Å²) in [5.74, 6) is -0.591. The highest BCUT2D eigenvalue weighted by molar-refractivity contribution is 5.97. The Labute approximate surface area is 106 Å². The number of phenolic OH excluding ortho intramolecular Hbond substituents is 1. The van der Waals surface area contributed by atoms with E-state index in [9.17, 15) is 14.3 Å². The minimum Gasteiger partial charge on any atom is -0.507 e. The Morgan fingerprint density at radius 1 is 1.44 bits per heavy atom. The molecule has 0 aromatic heterocycles. The van der Waals surface area contributed by atoms with E-state index in [2.05, 4.69) is 6.92 Å². The predicted molar refractivity (Wildman–Crippen MR) is 67.0 cm³/mol. The van der Waals surface area contributed by atoms with Gasteiger partial charge in [-0.2, -0.15) is 0 Å². The van der Waals surface area contributed by atoms with E-state index in [1.807, 2.05) is 6.92 Å². The highest BCUT2D eigenvalue weighted by Crippen LogP contribution is 2.27. The van der Waals surface area contributed by atoms with E-state index in [-0.39, 0.29) is 23.3 Å². The maximum atomic E-state index is 12.9. The van der Waals surface area contributed by atoms with Crippen molar-refractivity contribution in [2.24, 2.45) is 5.92 Å². The van der Waals surface area contributed by atoms with Crippen molar-refractivity contribution in [1.82, 2.24) is 4.90 Å². The fourth-order valence-corrected chi connectivity index (χ4v) is 2.46. The smallest absolute Gasteiger partial charge is 0.257 e. The molecule has 1 amide bonds. The van der Waals surface area contributed by atoms with Gasteiger partial charge in [0, 0.05) is 18.7 Å². The fraction of sp³-hybridized carbons (Fsp3) is 0.500. The van der Waals surface area contributed by atoms with Crippen molar-refractivity contribution in [2.45, 2.75) is 32.7 Å². The molecule has 0 bridgehead atoms. The van der Waals surface area contributed by atoms with Crippen LogP contribution in [0.5, 0.6) is 5.75 Å². The van der Waals surface area contributed by atoms with E-state index in [1.165, 1.54) is 12.1 Å². The third-order valence-corrected chi connectivity index (χ3v) is 3.82. The molecule has 1 aromatic carbocycles. The first-order valence-electron chi connectivity index (χ1n) is 6.30. The molecule has 2 unspecified atom stereocenters. The Balaban J connectivity index is 2.25. The van der Waals surface area contributed by atoms with E-state index in [1.54, 1.807) is 4.90 Å². The second-order valence-corrected chi connectivity index (χ2v) is 5.02. The zero-order chi connectivity index (χ0) is 13.3. The molecule has 1 aromatic rings. The molecule has 0 radical (unpaired) electrons. The van der Waals surface area contributed by atoms with Gasteiger partial charge in [0.05, 0.1) is 5.56 Å². The average molecular weight is 251 g/mol. The third-order valence-electron chi connectivity index (χ3n) is 3.82. The molecule has 98 valence electrons. The molecule has 0 spiro atoms. The van der Waals surface area contributed by atoms with Gasteiger partial charge in [-0.25, -0.2) is 4.39 Å². The Bertz CT molecular complexity index is 461. The maximum absolute atomic E-state index is 12.9. The monoisotopic (exact) mass is 251 g/mol. The van der Waals surface area contributed by atoms with Crippen molar-refractivity contribution in [1.29, 1.82) is 0 Å². The van der Waals surface area contributed by atoms with Crippen molar-refractivity contribution in [3.8, 4) is 5.75 Å². The van der Waals surface area contributed by atoms with Crippen LogP contribution < -0.4 is 0 Å². The Morgan fingerprint density at radius 3 is 2.83 bits per heavy atom. The fourth-order valence-electron chi connectivity index (χ4n) is 2.46. The number of hydrogen-bond acceptors (Lipinski definition) is 2. The van der Waals surface area contributed by atoms with E-state index < -0.39 is 5.82 Å². The van der Waals surface area contributed by atoms with Crippen molar-refractivity contribution >= 4 is 5.91 Å². The van der Waals surface area contributed by atoms with Gasteiger partial charge in [-0.3, -0.25) is 4.79 Å². The van der Waals surface area contributed by atoms with Gasteiger partial charge in [-0.1, -0.05) is 6.92 Å². The minimum atomic E-state index is -0.538. The Hall–Kier alpha value is -1.58. The SMILES string of the molecule is CC1CCCN(C(=O)c2ccc(F)cc2O)C1C. The molecule has 0 aliphatic carbocycles. The lowest BCUT2D eigenvalue weighted by Crippen LogP contribution is -2.46. The number of carbonyl (C=O) groups excluding carboxylic acids is 1. The predicted octanol–water partition coefficient (Wildman–Crippen LogP) is 2.79. The number of benzene rings is 1. The highest BCUT2D eigenvalue weighted by atomic mass is 19.1. The number of amides is 1. The summed E-state index contributed by atoms with van der Waals surface area (Å²) in [6, 6.07) is 3.67. The largest absolute Gasteiger partial charge is 0.507 e. The molecule has 18 heavy (non-hydrogen) atoms. The lowest BCUT2D eigenvalue weighted by atomic mass is 9.91. The standard InChI is InChI=1S/C14H18FNO2/c1-9-4-3-7-16(10(9)2)14(18)12-6-5-11(15)8-13(12)17/h5-6,8-10,17H,3-4,7H2,1-2H3. The van der Waals surface area contributed by atoms with Gasteiger partial charge in [0.2, 0.25) is 0 Å². The van der Waals surface area contributed by atoms with E-state index >= 15 is 0 Å². The van der Waals surface area contributed by atoms with Crippen LogP contribution >= 0.6 is 0 Å². The lowest BCUT2D eigenvalue weighted by molar-refractivity contribution is 0.0548. The Morgan fingerprint density at radius 2 is 2.17 bits per heavy atom. The molecular weight excluding hydrogens is 233 g/mol. The summed E-state index contributed by atoms with van der Waals surface area (Å²) in [5, 5.41) is 9.66. The van der Waals surface area contributed by atoms with Gasteiger partial charge in [0.25, 0.3) is 5.91 Å². The number of hydrogen-bond donors (Lipinski definition) is 1. The number of phenols is 1. The molecular formula is C14H18FNO2. The molecule has 0 saturated carbocycles. The summed E-state index contributed by atoms with van der Waals surface area (Å²) in [4.78, 5) is 14.1. The second-order valence-electron chi connectivity index (χ2n) is 5.02. The normalized spacial score (nSPS) is 24.1. The quantitative estimate of drug-likeness (QED) is 0.833. The molecule has 2 atom stereocenters. The van der Waals surface area contributed by atoms with Crippen molar-refractivity contribution in [3.63, 3.8) is 0 Å². The van der Waals surface area contributed by atoms with Gasteiger partial charge in [-0.15, -0.1) is 0 Å². The number of rotatable bonds is 1. The van der Waals surface area contributed by atoms with Crippen LogP contribution in [0.25, 0.3) is 0 Å². The van der Waals surface area contributed by atoms with Crippen molar-refractivity contribution in [2.75, 3.05) is 6.54 Å². The van der Waals surface area contributed by atoms with Gasteiger partial charge < -0.3 is 10.0 Å². The number of nitrogens with zero attached hydrogens (tertiary/aromatic N) is 1. The number of aromatic hydroxyl groups is 1. The zero-order valence-electron chi connectivity index (χ0n) is 10.7. The minimum absolute atomic E-state index is 0.149. The first kappa shape index (κ1) is 12.9. The molecule has 1 aliphatic rings. The Kier molecular flexibility index (Phi) is 3.55. The highest BCUT2D eigenvalue weighted by Gasteiger charge is 2.30. The second kappa shape index (κ2) is 4.96. The van der Waals surface area contributed by atoms with Gasteiger partial charge in [0.1, 0.15) is 11.6 Å². The summed E-state index contributed by atoms with van der Waals surface area (Å²) >= 11 is 0. The molecule has 1 saturated heterocycles. The van der Waals surface area contributed by atoms with Crippen LogP contribution in [0.4, 0.5) is 4.39 Å². The van der Waals surface area contributed by atoms with Gasteiger partial charge in [0.15, 0.2) is 0 Å². The molecule has 2 rings (SSSR count). The van der Waals surface area contributed by atoms with E-state index in [4.69, 9.17) is 0 Å². The first-order valence-corrected chi connectivity index (χ1v) is 6.30. The van der Waals surface area contributed by atoms with Crippen LogP contribution in [-0.4, -0.2) is 28.5 Å². The molecule has 1 aliphatic heterocycles.